The number of aryl methyl sites for hydroxylation is 1. The highest BCUT2D eigenvalue weighted by Crippen LogP contribution is 2.42. The monoisotopic (exact) mass is 423 g/mol. The maximum atomic E-state index is 6.32. The second kappa shape index (κ2) is 8.39. The van der Waals surface area contributed by atoms with Crippen LogP contribution in [0.4, 0.5) is 5.82 Å². The van der Waals surface area contributed by atoms with Crippen LogP contribution in [0, 0.1) is 6.92 Å². The Labute approximate surface area is 179 Å². The summed E-state index contributed by atoms with van der Waals surface area (Å²) in [7, 11) is 1.68. The molecule has 6 heteroatoms. The van der Waals surface area contributed by atoms with Gasteiger partial charge in [0.15, 0.2) is 0 Å². The number of fused-ring (bicyclic) bond motifs is 1. The van der Waals surface area contributed by atoms with Crippen molar-refractivity contribution in [1.29, 1.82) is 0 Å². The molecule has 0 atom stereocenters. The van der Waals surface area contributed by atoms with Crippen LogP contribution < -0.4 is 9.64 Å². The minimum atomic E-state index is 0.279. The summed E-state index contributed by atoms with van der Waals surface area (Å²) < 4.78 is 5.32. The number of benzene rings is 2. The number of thiophene rings is 1. The number of aromatic nitrogens is 2. The molecule has 0 unspecified atom stereocenters. The van der Waals surface area contributed by atoms with E-state index in [4.69, 9.17) is 16.3 Å². The Hall–Kier alpha value is -2.63. The average Bonchev–Trinajstić information content (AvgIpc) is 3.07. The van der Waals surface area contributed by atoms with Gasteiger partial charge in [0.05, 0.1) is 12.5 Å². The lowest BCUT2D eigenvalue weighted by Crippen LogP contribution is -2.23. The number of hydrogen-bond acceptors (Lipinski definition) is 5. The van der Waals surface area contributed by atoms with Crippen molar-refractivity contribution >= 4 is 39.0 Å². The van der Waals surface area contributed by atoms with E-state index in [1.54, 1.807) is 18.4 Å². The molecule has 4 rings (SSSR count). The zero-order valence-corrected chi connectivity index (χ0v) is 18.2. The first-order valence-corrected chi connectivity index (χ1v) is 10.7. The summed E-state index contributed by atoms with van der Waals surface area (Å²) in [6, 6.07) is 18.5. The van der Waals surface area contributed by atoms with Crippen molar-refractivity contribution in [2.75, 3.05) is 18.6 Å². The quantitative estimate of drug-likeness (QED) is 0.338. The number of hydrogen-bond donors (Lipinski definition) is 0. The lowest BCUT2D eigenvalue weighted by atomic mass is 10.0. The van der Waals surface area contributed by atoms with Gasteiger partial charge in [0.25, 0.3) is 0 Å². The van der Waals surface area contributed by atoms with Gasteiger partial charge in [-0.3, -0.25) is 0 Å². The number of halogens is 1. The van der Waals surface area contributed by atoms with E-state index in [0.717, 1.165) is 46.0 Å². The Morgan fingerprint density at radius 2 is 1.76 bits per heavy atom. The van der Waals surface area contributed by atoms with Crippen molar-refractivity contribution in [2.45, 2.75) is 20.4 Å². The predicted molar refractivity (Wildman–Crippen MR) is 122 cm³/mol. The van der Waals surface area contributed by atoms with Crippen molar-refractivity contribution in [3.63, 3.8) is 0 Å². The summed E-state index contributed by atoms with van der Waals surface area (Å²) in [6.45, 7) is 5.83. The van der Waals surface area contributed by atoms with Gasteiger partial charge in [-0.05, 0) is 48.7 Å². The van der Waals surface area contributed by atoms with Crippen molar-refractivity contribution < 1.29 is 4.74 Å². The topological polar surface area (TPSA) is 38.2 Å². The molecule has 0 fully saturated rings. The van der Waals surface area contributed by atoms with Crippen LogP contribution in [0.15, 0.2) is 54.6 Å². The Morgan fingerprint density at radius 3 is 2.41 bits per heavy atom. The lowest BCUT2D eigenvalue weighted by Gasteiger charge is -2.23. The van der Waals surface area contributed by atoms with E-state index in [1.807, 2.05) is 18.2 Å². The van der Waals surface area contributed by atoms with Crippen LogP contribution in [0.25, 0.3) is 21.3 Å². The summed E-state index contributed by atoms with van der Waals surface area (Å²) in [5.74, 6) is 1.71. The minimum absolute atomic E-state index is 0.279. The fraction of sp³-hybridized carbons (Fsp3) is 0.217. The maximum absolute atomic E-state index is 6.32. The number of nitrogens with zero attached hydrogens (tertiary/aromatic N) is 3. The fourth-order valence-electron chi connectivity index (χ4n) is 3.54. The number of rotatable bonds is 6. The molecule has 2 heterocycles. The van der Waals surface area contributed by atoms with Gasteiger partial charge < -0.3 is 9.64 Å². The summed E-state index contributed by atoms with van der Waals surface area (Å²) in [4.78, 5) is 13.5. The third kappa shape index (κ3) is 3.93. The van der Waals surface area contributed by atoms with Gasteiger partial charge in [-0.1, -0.05) is 42.5 Å². The highest BCUT2D eigenvalue weighted by Gasteiger charge is 2.21. The molecule has 4 nitrogen and oxygen atoms in total. The Balaban J connectivity index is 1.88. The fourth-order valence-corrected chi connectivity index (χ4v) is 4.80. The molecule has 29 heavy (non-hydrogen) atoms. The minimum Gasteiger partial charge on any atom is -0.497 e. The van der Waals surface area contributed by atoms with Crippen LogP contribution in [0.3, 0.4) is 0 Å². The SMILES string of the molecule is CCN(Cc1ccccc1)c1nc(Cl)nc2sc(C)c(-c3ccc(OC)cc3)c12. The molecule has 0 radical (unpaired) electrons. The molecule has 0 aliphatic heterocycles. The van der Waals surface area contributed by atoms with Gasteiger partial charge in [-0.15, -0.1) is 11.3 Å². The van der Waals surface area contributed by atoms with E-state index in [0.29, 0.717) is 0 Å². The molecule has 0 aliphatic rings. The molecule has 0 saturated carbocycles. The molecule has 2 aromatic carbocycles. The molecule has 2 aromatic heterocycles. The highest BCUT2D eigenvalue weighted by atomic mass is 35.5. The highest BCUT2D eigenvalue weighted by molar-refractivity contribution is 7.19. The van der Waals surface area contributed by atoms with E-state index in [2.05, 4.69) is 65.1 Å². The third-order valence-electron chi connectivity index (χ3n) is 4.96. The van der Waals surface area contributed by atoms with Gasteiger partial charge in [0.1, 0.15) is 16.4 Å². The third-order valence-corrected chi connectivity index (χ3v) is 6.13. The number of methoxy groups -OCH3 is 1. The summed E-state index contributed by atoms with van der Waals surface area (Å²) in [6.07, 6.45) is 0. The van der Waals surface area contributed by atoms with Crippen molar-refractivity contribution in [3.05, 3.63) is 70.3 Å². The van der Waals surface area contributed by atoms with Crippen molar-refractivity contribution in [3.8, 4) is 16.9 Å². The van der Waals surface area contributed by atoms with Gasteiger partial charge in [0.2, 0.25) is 5.28 Å². The molecule has 0 spiro atoms. The van der Waals surface area contributed by atoms with Gasteiger partial charge in [0, 0.05) is 23.5 Å². The van der Waals surface area contributed by atoms with Crippen molar-refractivity contribution in [2.24, 2.45) is 0 Å². The smallest absolute Gasteiger partial charge is 0.225 e. The number of anilines is 1. The number of ether oxygens (including phenoxy) is 1. The standard InChI is InChI=1S/C23H22ClN3OS/c1-4-27(14-16-8-6-5-7-9-16)21-20-19(17-10-12-18(28-3)13-11-17)15(2)29-22(20)26-23(24)25-21/h5-13H,4,14H2,1-3H3. The zero-order chi connectivity index (χ0) is 20.4. The molecule has 4 aromatic rings. The maximum Gasteiger partial charge on any atom is 0.225 e. The Morgan fingerprint density at radius 1 is 1.03 bits per heavy atom. The first kappa shape index (κ1) is 19.7. The molecular weight excluding hydrogens is 402 g/mol. The second-order valence-electron chi connectivity index (χ2n) is 6.76. The molecular formula is C23H22ClN3OS. The van der Waals surface area contributed by atoms with Crippen LogP contribution in [0.2, 0.25) is 5.28 Å². The largest absolute Gasteiger partial charge is 0.497 e. The van der Waals surface area contributed by atoms with Crippen LogP contribution in [-0.2, 0) is 6.54 Å². The molecule has 148 valence electrons. The van der Waals surface area contributed by atoms with Gasteiger partial charge in [-0.2, -0.15) is 4.98 Å². The van der Waals surface area contributed by atoms with Crippen LogP contribution >= 0.6 is 22.9 Å². The Kier molecular flexibility index (Phi) is 5.69. The predicted octanol–water partition coefficient (Wildman–Crippen LogP) is 6.36. The normalized spacial score (nSPS) is 11.0. The first-order chi connectivity index (χ1) is 14.1. The zero-order valence-electron chi connectivity index (χ0n) is 16.6. The molecule has 0 N–H and O–H groups in total. The van der Waals surface area contributed by atoms with Crippen LogP contribution in [0.1, 0.15) is 17.4 Å². The summed E-state index contributed by atoms with van der Waals surface area (Å²) >= 11 is 7.97. The van der Waals surface area contributed by atoms with Crippen molar-refractivity contribution in [1.82, 2.24) is 9.97 Å². The summed E-state index contributed by atoms with van der Waals surface area (Å²) in [5.41, 5.74) is 3.51. The van der Waals surface area contributed by atoms with E-state index < -0.39 is 0 Å². The van der Waals surface area contributed by atoms with Gasteiger partial charge >= 0.3 is 0 Å². The Bertz CT molecular complexity index is 1130. The summed E-state index contributed by atoms with van der Waals surface area (Å²) in [5, 5.41) is 1.33. The van der Waals surface area contributed by atoms with E-state index >= 15 is 0 Å². The van der Waals surface area contributed by atoms with E-state index in [1.165, 1.54) is 10.4 Å². The molecule has 0 aliphatic carbocycles. The lowest BCUT2D eigenvalue weighted by molar-refractivity contribution is 0.415. The average molecular weight is 424 g/mol. The molecule has 0 saturated heterocycles. The van der Waals surface area contributed by atoms with Crippen LogP contribution in [0.5, 0.6) is 5.75 Å². The van der Waals surface area contributed by atoms with Crippen LogP contribution in [-0.4, -0.2) is 23.6 Å². The van der Waals surface area contributed by atoms with Gasteiger partial charge in [-0.25, -0.2) is 4.98 Å². The molecule has 0 amide bonds. The molecule has 0 bridgehead atoms. The first-order valence-electron chi connectivity index (χ1n) is 9.50. The van der Waals surface area contributed by atoms with E-state index in [-0.39, 0.29) is 5.28 Å². The van der Waals surface area contributed by atoms with E-state index in [9.17, 15) is 0 Å². The second-order valence-corrected chi connectivity index (χ2v) is 8.30.